The third-order valence-corrected chi connectivity index (χ3v) is 4.06. The number of esters is 1. The first-order chi connectivity index (χ1) is 11.6. The summed E-state index contributed by atoms with van der Waals surface area (Å²) < 4.78 is 6.13. The predicted molar refractivity (Wildman–Crippen MR) is 93.1 cm³/mol. The number of hydrogen-bond donors (Lipinski definition) is 0. The second-order valence-electron chi connectivity index (χ2n) is 5.41. The zero-order chi connectivity index (χ0) is 18.9. The van der Waals surface area contributed by atoms with Crippen LogP contribution in [0.3, 0.4) is 0 Å². The molecule has 0 spiro atoms. The van der Waals surface area contributed by atoms with Gasteiger partial charge in [-0.25, -0.2) is 4.79 Å². The van der Waals surface area contributed by atoms with Crippen LogP contribution >= 0.6 is 15.9 Å². The molecule has 0 aliphatic carbocycles. The maximum absolute atomic E-state index is 12.4. The normalized spacial score (nSPS) is 10.4. The van der Waals surface area contributed by atoms with Gasteiger partial charge in [-0.15, -0.1) is 0 Å². The quantitative estimate of drug-likeness (QED) is 0.320. The molecular formula is C16H13BrN2O6. The summed E-state index contributed by atoms with van der Waals surface area (Å²) in [7, 11) is 0. The molecule has 0 amide bonds. The number of carbonyl (C=O) groups is 1. The van der Waals surface area contributed by atoms with Crippen LogP contribution in [0.2, 0.25) is 0 Å². The Morgan fingerprint density at radius 3 is 1.80 bits per heavy atom. The maximum atomic E-state index is 12.4. The Hall–Kier alpha value is -2.81. The second-order valence-corrected chi connectivity index (χ2v) is 6.33. The average molecular weight is 409 g/mol. The van der Waals surface area contributed by atoms with Crippen molar-refractivity contribution in [1.29, 1.82) is 0 Å². The highest BCUT2D eigenvalue weighted by molar-refractivity contribution is 9.10. The van der Waals surface area contributed by atoms with E-state index in [2.05, 4.69) is 15.9 Å². The first-order valence-electron chi connectivity index (χ1n) is 7.04. The first kappa shape index (κ1) is 18.5. The summed E-state index contributed by atoms with van der Waals surface area (Å²) in [5.41, 5.74) is -0.0447. The third-order valence-electron chi connectivity index (χ3n) is 3.60. The van der Waals surface area contributed by atoms with Gasteiger partial charge in [0.2, 0.25) is 0 Å². The monoisotopic (exact) mass is 408 g/mol. The fourth-order valence-corrected chi connectivity index (χ4v) is 3.08. The number of hydrogen-bond acceptors (Lipinski definition) is 6. The number of nitrogens with zero attached hydrogens (tertiary/aromatic N) is 2. The van der Waals surface area contributed by atoms with Crippen molar-refractivity contribution in [1.82, 2.24) is 0 Å². The molecule has 0 bridgehead atoms. The van der Waals surface area contributed by atoms with E-state index >= 15 is 0 Å². The minimum absolute atomic E-state index is 0.123. The molecule has 0 atom stereocenters. The van der Waals surface area contributed by atoms with Gasteiger partial charge < -0.3 is 4.74 Å². The summed E-state index contributed by atoms with van der Waals surface area (Å²) in [4.78, 5) is 33.1. The molecule has 0 saturated heterocycles. The number of carbonyl (C=O) groups excluding carboxylic acids is 1. The van der Waals surface area contributed by atoms with Crippen LogP contribution in [0, 0.1) is 41.0 Å². The Morgan fingerprint density at radius 1 is 0.960 bits per heavy atom. The van der Waals surface area contributed by atoms with Crippen LogP contribution in [0.1, 0.15) is 27.0 Å². The molecule has 25 heavy (non-hydrogen) atoms. The SMILES string of the molecule is Cc1cc(Br)cc(C)c1OC(=O)c1cc([N+](=O)[O-])c(C)c([N+](=O)[O-])c1. The Bertz CT molecular complexity index is 851. The van der Waals surface area contributed by atoms with Crippen molar-refractivity contribution in [3.63, 3.8) is 0 Å². The van der Waals surface area contributed by atoms with Gasteiger partial charge in [0.25, 0.3) is 11.4 Å². The topological polar surface area (TPSA) is 113 Å². The number of ether oxygens (including phenoxy) is 1. The molecule has 9 heteroatoms. The van der Waals surface area contributed by atoms with Crippen molar-refractivity contribution in [2.24, 2.45) is 0 Å². The van der Waals surface area contributed by atoms with Gasteiger partial charge in [-0.3, -0.25) is 20.2 Å². The lowest BCUT2D eigenvalue weighted by molar-refractivity contribution is -0.395. The van der Waals surface area contributed by atoms with Crippen LogP contribution in [-0.4, -0.2) is 15.8 Å². The van der Waals surface area contributed by atoms with Crippen molar-refractivity contribution in [3.05, 3.63) is 71.2 Å². The number of nitro groups is 2. The Balaban J connectivity index is 2.50. The van der Waals surface area contributed by atoms with Crippen LogP contribution in [0.25, 0.3) is 0 Å². The summed E-state index contributed by atoms with van der Waals surface area (Å²) in [6.45, 7) is 4.73. The summed E-state index contributed by atoms with van der Waals surface area (Å²) >= 11 is 3.33. The summed E-state index contributed by atoms with van der Waals surface area (Å²) in [5.74, 6) is -0.598. The Morgan fingerprint density at radius 2 is 1.40 bits per heavy atom. The van der Waals surface area contributed by atoms with Gasteiger partial charge >= 0.3 is 5.97 Å². The molecule has 0 radical (unpaired) electrons. The van der Waals surface area contributed by atoms with E-state index in [0.717, 1.165) is 16.6 Å². The highest BCUT2D eigenvalue weighted by Crippen LogP contribution is 2.31. The van der Waals surface area contributed by atoms with Gasteiger partial charge in [0.15, 0.2) is 0 Å². The van der Waals surface area contributed by atoms with Crippen molar-refractivity contribution in [2.45, 2.75) is 20.8 Å². The van der Waals surface area contributed by atoms with Gasteiger partial charge in [-0.1, -0.05) is 15.9 Å². The number of halogens is 1. The lowest BCUT2D eigenvalue weighted by atomic mass is 10.1. The number of benzene rings is 2. The molecule has 2 rings (SSSR count). The predicted octanol–water partition coefficient (Wildman–Crippen LogP) is 4.41. The molecule has 8 nitrogen and oxygen atoms in total. The zero-order valence-electron chi connectivity index (χ0n) is 13.5. The highest BCUT2D eigenvalue weighted by Gasteiger charge is 2.26. The van der Waals surface area contributed by atoms with Crippen LogP contribution in [0.15, 0.2) is 28.7 Å². The fraction of sp³-hybridized carbons (Fsp3) is 0.188. The molecule has 0 aromatic heterocycles. The number of rotatable bonds is 4. The summed E-state index contributed by atoms with van der Waals surface area (Å²) in [6.07, 6.45) is 0. The molecule has 2 aromatic carbocycles. The third kappa shape index (κ3) is 3.82. The van der Waals surface area contributed by atoms with Crippen molar-refractivity contribution in [2.75, 3.05) is 0 Å². The fourth-order valence-electron chi connectivity index (χ4n) is 2.39. The van der Waals surface area contributed by atoms with Crippen LogP contribution in [-0.2, 0) is 0 Å². The lowest BCUT2D eigenvalue weighted by Gasteiger charge is -2.11. The van der Waals surface area contributed by atoms with E-state index in [1.165, 1.54) is 6.92 Å². The van der Waals surface area contributed by atoms with Gasteiger partial charge in [0, 0.05) is 16.6 Å². The highest BCUT2D eigenvalue weighted by atomic mass is 79.9. The second kappa shape index (κ2) is 6.98. The maximum Gasteiger partial charge on any atom is 0.344 e. The molecule has 2 aromatic rings. The molecule has 0 N–H and O–H groups in total. The van der Waals surface area contributed by atoms with E-state index in [-0.39, 0.29) is 11.1 Å². The van der Waals surface area contributed by atoms with E-state index in [0.29, 0.717) is 16.9 Å². The zero-order valence-corrected chi connectivity index (χ0v) is 15.1. The number of nitro benzene ring substituents is 2. The molecule has 130 valence electrons. The molecule has 0 aliphatic rings. The Kier molecular flexibility index (Phi) is 5.17. The van der Waals surface area contributed by atoms with Crippen molar-refractivity contribution < 1.29 is 19.4 Å². The van der Waals surface area contributed by atoms with Crippen LogP contribution in [0.4, 0.5) is 11.4 Å². The van der Waals surface area contributed by atoms with E-state index in [9.17, 15) is 25.0 Å². The van der Waals surface area contributed by atoms with E-state index in [4.69, 9.17) is 4.74 Å². The summed E-state index contributed by atoms with van der Waals surface area (Å²) in [6, 6.07) is 5.45. The molecule has 0 unspecified atom stereocenters. The van der Waals surface area contributed by atoms with Crippen LogP contribution in [0.5, 0.6) is 5.75 Å². The average Bonchev–Trinajstić information content (AvgIpc) is 2.50. The molecule has 0 aliphatic heterocycles. The minimum atomic E-state index is -0.903. The van der Waals surface area contributed by atoms with E-state index < -0.39 is 27.2 Å². The van der Waals surface area contributed by atoms with Gasteiger partial charge in [0.05, 0.1) is 15.4 Å². The van der Waals surface area contributed by atoms with Crippen molar-refractivity contribution >= 4 is 33.3 Å². The molecule has 0 saturated carbocycles. The standard InChI is InChI=1S/C16H13BrN2O6/c1-8-4-12(17)5-9(2)15(8)25-16(20)11-6-13(18(21)22)10(3)14(7-11)19(23)24/h4-7H,1-3H3. The van der Waals surface area contributed by atoms with E-state index in [1.54, 1.807) is 26.0 Å². The van der Waals surface area contributed by atoms with Crippen LogP contribution < -0.4 is 4.74 Å². The largest absolute Gasteiger partial charge is 0.422 e. The lowest BCUT2D eigenvalue weighted by Crippen LogP contribution is -2.12. The molecule has 0 heterocycles. The molecule has 0 fully saturated rings. The first-order valence-corrected chi connectivity index (χ1v) is 7.83. The smallest absolute Gasteiger partial charge is 0.344 e. The summed E-state index contributed by atoms with van der Waals surface area (Å²) in [5, 5.41) is 22.2. The number of aryl methyl sites for hydroxylation is 2. The van der Waals surface area contributed by atoms with Crippen molar-refractivity contribution in [3.8, 4) is 5.75 Å². The Labute approximate surface area is 150 Å². The van der Waals surface area contributed by atoms with Gasteiger partial charge in [-0.05, 0) is 44.0 Å². The molecular weight excluding hydrogens is 396 g/mol. The van der Waals surface area contributed by atoms with Gasteiger partial charge in [-0.2, -0.15) is 0 Å². The van der Waals surface area contributed by atoms with Gasteiger partial charge in [0.1, 0.15) is 11.3 Å². The van der Waals surface area contributed by atoms with E-state index in [1.807, 2.05) is 0 Å². The minimum Gasteiger partial charge on any atom is -0.422 e.